The summed E-state index contributed by atoms with van der Waals surface area (Å²) in [5, 5.41) is 6.46. The predicted octanol–water partition coefficient (Wildman–Crippen LogP) is 3.58. The number of benzene rings is 1. The molecule has 3 N–H and O–H groups in total. The largest absolute Gasteiger partial charge is 0.342 e. The van der Waals surface area contributed by atoms with E-state index in [1.807, 2.05) is 18.2 Å². The Morgan fingerprint density at radius 2 is 2.12 bits per heavy atom. The molecule has 1 aromatic heterocycles. The Morgan fingerprint density at radius 1 is 1.29 bits per heavy atom. The number of carbonyl (C=O) groups is 1. The minimum absolute atomic E-state index is 0. The number of amides is 1. The van der Waals surface area contributed by atoms with E-state index in [2.05, 4.69) is 27.5 Å². The van der Waals surface area contributed by atoms with Crippen LogP contribution in [0.3, 0.4) is 0 Å². The number of fused-ring (bicyclic) bond motifs is 1. The Balaban J connectivity index is 0.00000169. The van der Waals surface area contributed by atoms with Crippen LogP contribution in [-0.2, 0) is 4.79 Å². The fourth-order valence-corrected chi connectivity index (χ4v) is 3.60. The fourth-order valence-electron chi connectivity index (χ4n) is 3.60. The number of halogens is 1. The standard InChI is InChI=1S/C18H24N4O.ClH/c1-11-9-13(7-8-19-11)18(23)20-14-5-6-15-16(10-14)22-17(21-15)12-3-2-4-12;/h5-6,10-13,19H,2-4,7-9H2,1H3,(H,20,23)(H,21,22);1H/t11-,13-;/m0./s1. The molecule has 1 aliphatic heterocycles. The molecule has 1 amide bonds. The molecule has 1 saturated carbocycles. The maximum absolute atomic E-state index is 12.5. The first-order chi connectivity index (χ1) is 11.2. The van der Waals surface area contributed by atoms with Gasteiger partial charge in [-0.15, -0.1) is 12.4 Å². The third kappa shape index (κ3) is 3.42. The van der Waals surface area contributed by atoms with Gasteiger partial charge >= 0.3 is 0 Å². The molecular formula is C18H25ClN4O. The van der Waals surface area contributed by atoms with E-state index in [-0.39, 0.29) is 24.2 Å². The molecule has 0 bridgehead atoms. The van der Waals surface area contributed by atoms with Crippen LogP contribution < -0.4 is 10.6 Å². The van der Waals surface area contributed by atoms with Crippen molar-refractivity contribution in [2.24, 2.45) is 5.92 Å². The van der Waals surface area contributed by atoms with Gasteiger partial charge in [0.1, 0.15) is 5.82 Å². The van der Waals surface area contributed by atoms with E-state index in [0.717, 1.165) is 41.9 Å². The zero-order chi connectivity index (χ0) is 15.8. The second kappa shape index (κ2) is 7.11. The monoisotopic (exact) mass is 348 g/mol. The molecule has 1 aromatic carbocycles. The molecule has 1 aliphatic carbocycles. The Kier molecular flexibility index (Phi) is 5.11. The van der Waals surface area contributed by atoms with Gasteiger partial charge in [-0.3, -0.25) is 4.79 Å². The second-order valence-corrected chi connectivity index (χ2v) is 7.05. The zero-order valence-electron chi connectivity index (χ0n) is 14.0. The van der Waals surface area contributed by atoms with Crippen LogP contribution in [0.15, 0.2) is 18.2 Å². The van der Waals surface area contributed by atoms with E-state index < -0.39 is 0 Å². The van der Waals surface area contributed by atoms with Crippen LogP contribution in [0.1, 0.15) is 50.8 Å². The smallest absolute Gasteiger partial charge is 0.227 e. The maximum Gasteiger partial charge on any atom is 0.227 e. The molecule has 0 unspecified atom stereocenters. The number of nitrogens with zero attached hydrogens (tertiary/aromatic N) is 1. The van der Waals surface area contributed by atoms with Crippen molar-refractivity contribution >= 4 is 35.0 Å². The number of aromatic amines is 1. The topological polar surface area (TPSA) is 69.8 Å². The lowest BCUT2D eigenvalue weighted by Gasteiger charge is -2.27. The van der Waals surface area contributed by atoms with Crippen LogP contribution in [0.2, 0.25) is 0 Å². The van der Waals surface area contributed by atoms with Crippen LogP contribution in [0, 0.1) is 5.92 Å². The molecule has 0 spiro atoms. The van der Waals surface area contributed by atoms with Crippen LogP contribution in [0.4, 0.5) is 5.69 Å². The average Bonchev–Trinajstić information content (AvgIpc) is 2.87. The van der Waals surface area contributed by atoms with Gasteiger partial charge in [-0.1, -0.05) is 6.42 Å². The summed E-state index contributed by atoms with van der Waals surface area (Å²) in [4.78, 5) is 20.6. The van der Waals surface area contributed by atoms with E-state index in [9.17, 15) is 4.79 Å². The van der Waals surface area contributed by atoms with Crippen molar-refractivity contribution in [3.63, 3.8) is 0 Å². The number of imidazole rings is 1. The number of aromatic nitrogens is 2. The first kappa shape index (κ1) is 17.2. The first-order valence-electron chi connectivity index (χ1n) is 8.73. The van der Waals surface area contributed by atoms with Crippen molar-refractivity contribution < 1.29 is 4.79 Å². The molecule has 2 fully saturated rings. The quantitative estimate of drug-likeness (QED) is 0.794. The number of carbonyl (C=O) groups excluding carboxylic acids is 1. The van der Waals surface area contributed by atoms with Crippen LogP contribution >= 0.6 is 12.4 Å². The average molecular weight is 349 g/mol. The highest BCUT2D eigenvalue weighted by Gasteiger charge is 2.25. The van der Waals surface area contributed by atoms with Crippen LogP contribution in [0.5, 0.6) is 0 Å². The Bertz CT molecular complexity index is 725. The molecule has 24 heavy (non-hydrogen) atoms. The first-order valence-corrected chi connectivity index (χ1v) is 8.73. The van der Waals surface area contributed by atoms with Crippen molar-refractivity contribution in [2.45, 2.75) is 51.0 Å². The molecule has 0 radical (unpaired) electrons. The second-order valence-electron chi connectivity index (χ2n) is 7.05. The summed E-state index contributed by atoms with van der Waals surface area (Å²) < 4.78 is 0. The van der Waals surface area contributed by atoms with Crippen molar-refractivity contribution in [3.05, 3.63) is 24.0 Å². The Labute approximate surface area is 148 Å². The molecular weight excluding hydrogens is 324 g/mol. The van der Waals surface area contributed by atoms with Gasteiger partial charge in [-0.25, -0.2) is 4.98 Å². The third-order valence-corrected chi connectivity index (χ3v) is 5.25. The number of H-pyrrole nitrogens is 1. The highest BCUT2D eigenvalue weighted by Crippen LogP contribution is 2.35. The summed E-state index contributed by atoms with van der Waals surface area (Å²) in [5.74, 6) is 1.93. The van der Waals surface area contributed by atoms with Crippen LogP contribution in [-0.4, -0.2) is 28.5 Å². The molecule has 2 aliphatic rings. The zero-order valence-corrected chi connectivity index (χ0v) is 14.8. The summed E-state index contributed by atoms with van der Waals surface area (Å²) in [6, 6.07) is 6.37. The lowest BCUT2D eigenvalue weighted by molar-refractivity contribution is -0.120. The fraction of sp³-hybridized carbons (Fsp3) is 0.556. The van der Waals surface area contributed by atoms with Gasteiger partial charge in [0.05, 0.1) is 11.0 Å². The molecule has 4 rings (SSSR count). The van der Waals surface area contributed by atoms with E-state index in [1.54, 1.807) is 0 Å². The number of hydrogen-bond acceptors (Lipinski definition) is 3. The van der Waals surface area contributed by atoms with Gasteiger partial charge in [-0.2, -0.15) is 0 Å². The van der Waals surface area contributed by atoms with E-state index in [4.69, 9.17) is 0 Å². The van der Waals surface area contributed by atoms with Gasteiger partial charge in [0, 0.05) is 23.6 Å². The minimum atomic E-state index is 0. The molecule has 2 heterocycles. The lowest BCUT2D eigenvalue weighted by atomic mass is 9.85. The summed E-state index contributed by atoms with van der Waals surface area (Å²) in [6.07, 6.45) is 5.59. The maximum atomic E-state index is 12.5. The van der Waals surface area contributed by atoms with Gasteiger partial charge in [-0.05, 0) is 57.4 Å². The highest BCUT2D eigenvalue weighted by atomic mass is 35.5. The molecule has 6 heteroatoms. The van der Waals surface area contributed by atoms with Crippen LogP contribution in [0.25, 0.3) is 11.0 Å². The van der Waals surface area contributed by atoms with Crippen molar-refractivity contribution in [1.29, 1.82) is 0 Å². The Morgan fingerprint density at radius 3 is 2.83 bits per heavy atom. The number of nitrogens with one attached hydrogen (secondary N) is 3. The minimum Gasteiger partial charge on any atom is -0.342 e. The van der Waals surface area contributed by atoms with Gasteiger partial charge in [0.2, 0.25) is 5.91 Å². The van der Waals surface area contributed by atoms with Gasteiger partial charge in [0.25, 0.3) is 0 Å². The van der Waals surface area contributed by atoms with Crippen molar-refractivity contribution in [1.82, 2.24) is 15.3 Å². The molecule has 130 valence electrons. The number of hydrogen-bond donors (Lipinski definition) is 3. The van der Waals surface area contributed by atoms with E-state index >= 15 is 0 Å². The lowest BCUT2D eigenvalue weighted by Crippen LogP contribution is -2.40. The van der Waals surface area contributed by atoms with Gasteiger partial charge in [0.15, 0.2) is 0 Å². The van der Waals surface area contributed by atoms with E-state index in [0.29, 0.717) is 12.0 Å². The van der Waals surface area contributed by atoms with Crippen molar-refractivity contribution in [3.8, 4) is 0 Å². The molecule has 1 saturated heterocycles. The highest BCUT2D eigenvalue weighted by molar-refractivity contribution is 5.94. The summed E-state index contributed by atoms with van der Waals surface area (Å²) in [5.41, 5.74) is 2.86. The normalized spacial score (nSPS) is 24.2. The Hall–Kier alpha value is -1.59. The number of anilines is 1. The molecule has 5 nitrogen and oxygen atoms in total. The molecule has 2 atom stereocenters. The predicted molar refractivity (Wildman–Crippen MR) is 98.8 cm³/mol. The van der Waals surface area contributed by atoms with Crippen molar-refractivity contribution in [2.75, 3.05) is 11.9 Å². The molecule has 2 aromatic rings. The van der Waals surface area contributed by atoms with E-state index in [1.165, 1.54) is 19.3 Å². The SMILES string of the molecule is C[C@H]1C[C@@H](C(=O)Nc2ccc3nc(C4CCC4)[nH]c3c2)CCN1.Cl. The number of piperidine rings is 1. The summed E-state index contributed by atoms with van der Waals surface area (Å²) in [6.45, 7) is 3.06. The summed E-state index contributed by atoms with van der Waals surface area (Å²) >= 11 is 0. The summed E-state index contributed by atoms with van der Waals surface area (Å²) in [7, 11) is 0. The number of rotatable bonds is 3. The van der Waals surface area contributed by atoms with Gasteiger partial charge < -0.3 is 15.6 Å². The third-order valence-electron chi connectivity index (χ3n) is 5.25.